The number of benzene rings is 1. The number of nitrogens with one attached hydrogen (secondary N) is 2. The van der Waals surface area contributed by atoms with Gasteiger partial charge >= 0.3 is 5.97 Å². The Labute approximate surface area is 153 Å². The highest BCUT2D eigenvalue weighted by molar-refractivity contribution is 6.00. The monoisotopic (exact) mass is 358 g/mol. The van der Waals surface area contributed by atoms with Gasteiger partial charge in [-0.1, -0.05) is 23.8 Å². The Balaban J connectivity index is 2.09. The third-order valence-electron chi connectivity index (χ3n) is 4.33. The number of aryl methyl sites for hydroxylation is 3. The zero-order chi connectivity index (χ0) is 19.3. The highest BCUT2D eigenvalue weighted by atomic mass is 16.6. The van der Waals surface area contributed by atoms with Gasteiger partial charge in [0, 0.05) is 19.3 Å². The Morgan fingerprint density at radius 3 is 2.50 bits per heavy atom. The van der Waals surface area contributed by atoms with Gasteiger partial charge in [-0.2, -0.15) is 0 Å². The Kier molecular flexibility index (Phi) is 6.58. The van der Waals surface area contributed by atoms with Crippen molar-refractivity contribution in [3.8, 4) is 0 Å². The molecular weight excluding hydrogens is 332 g/mol. The molecule has 1 aromatic carbocycles. The molecule has 0 aliphatic rings. The number of H-pyrrole nitrogens is 1. The summed E-state index contributed by atoms with van der Waals surface area (Å²) in [5.74, 6) is -0.705. The van der Waals surface area contributed by atoms with E-state index in [4.69, 9.17) is 9.47 Å². The third-order valence-corrected chi connectivity index (χ3v) is 4.33. The van der Waals surface area contributed by atoms with E-state index in [2.05, 4.69) is 16.4 Å². The number of hydrogen-bond donors (Lipinski definition) is 2. The predicted octanol–water partition coefficient (Wildman–Crippen LogP) is 2.98. The maximum absolute atomic E-state index is 12.6. The second-order valence-electron chi connectivity index (χ2n) is 6.37. The van der Waals surface area contributed by atoms with Crippen LogP contribution in [0.4, 0.5) is 0 Å². The second-order valence-corrected chi connectivity index (χ2v) is 6.37. The van der Waals surface area contributed by atoms with E-state index in [0.717, 1.165) is 11.1 Å². The number of carbonyl (C=O) groups excluding carboxylic acids is 2. The summed E-state index contributed by atoms with van der Waals surface area (Å²) in [4.78, 5) is 27.8. The SMILES string of the molecule is COCCOC(=O)c1c(C)[nH]c(C(=O)NCc2ccc(C)cc2C)c1C. The minimum absolute atomic E-state index is 0.174. The van der Waals surface area contributed by atoms with Gasteiger partial charge in [-0.25, -0.2) is 4.79 Å². The molecule has 0 unspecified atom stereocenters. The topological polar surface area (TPSA) is 80.4 Å². The maximum atomic E-state index is 12.6. The summed E-state index contributed by atoms with van der Waals surface area (Å²) < 4.78 is 10.0. The minimum Gasteiger partial charge on any atom is -0.460 e. The Bertz CT molecular complexity index is 808. The molecule has 6 heteroatoms. The van der Waals surface area contributed by atoms with Crippen LogP contribution in [-0.4, -0.2) is 37.2 Å². The minimum atomic E-state index is -0.457. The molecule has 0 aliphatic carbocycles. The summed E-state index contributed by atoms with van der Waals surface area (Å²) in [5, 5.41) is 2.91. The van der Waals surface area contributed by atoms with Gasteiger partial charge in [-0.05, 0) is 44.4 Å². The highest BCUT2D eigenvalue weighted by Gasteiger charge is 2.23. The number of esters is 1. The van der Waals surface area contributed by atoms with Gasteiger partial charge < -0.3 is 19.8 Å². The van der Waals surface area contributed by atoms with Gasteiger partial charge in [-0.3, -0.25) is 4.79 Å². The first-order chi connectivity index (χ1) is 12.3. The number of methoxy groups -OCH3 is 1. The zero-order valence-corrected chi connectivity index (χ0v) is 16.0. The number of amides is 1. The van der Waals surface area contributed by atoms with Crippen LogP contribution in [-0.2, 0) is 16.0 Å². The highest BCUT2D eigenvalue weighted by Crippen LogP contribution is 2.19. The van der Waals surface area contributed by atoms with Crippen LogP contribution in [0.25, 0.3) is 0 Å². The van der Waals surface area contributed by atoms with E-state index in [1.807, 2.05) is 26.0 Å². The molecule has 0 radical (unpaired) electrons. The number of ether oxygens (including phenoxy) is 2. The van der Waals surface area contributed by atoms with Gasteiger partial charge in [0.25, 0.3) is 5.91 Å². The van der Waals surface area contributed by atoms with Crippen LogP contribution in [0.5, 0.6) is 0 Å². The molecular formula is C20H26N2O4. The van der Waals surface area contributed by atoms with Crippen molar-refractivity contribution in [2.45, 2.75) is 34.2 Å². The van der Waals surface area contributed by atoms with Gasteiger partial charge in [0.1, 0.15) is 12.3 Å². The molecule has 2 rings (SSSR count). The van der Waals surface area contributed by atoms with Gasteiger partial charge in [0.05, 0.1) is 12.2 Å². The summed E-state index contributed by atoms with van der Waals surface area (Å²) in [6, 6.07) is 6.11. The Morgan fingerprint density at radius 2 is 1.85 bits per heavy atom. The second kappa shape index (κ2) is 8.67. The van der Waals surface area contributed by atoms with E-state index in [1.165, 1.54) is 5.56 Å². The summed E-state index contributed by atoms with van der Waals surface area (Å²) >= 11 is 0. The van der Waals surface area contributed by atoms with E-state index in [0.29, 0.717) is 35.7 Å². The molecule has 2 N–H and O–H groups in total. The summed E-state index contributed by atoms with van der Waals surface area (Å²) in [6.45, 7) is 8.48. The number of rotatable bonds is 7. The standard InChI is InChI=1S/C20H26N2O4/c1-12-6-7-16(13(2)10-12)11-21-19(23)18-14(3)17(15(4)22-18)20(24)26-9-8-25-5/h6-7,10,22H,8-9,11H2,1-5H3,(H,21,23). The van der Waals surface area contributed by atoms with Crippen LogP contribution in [0.15, 0.2) is 18.2 Å². The lowest BCUT2D eigenvalue weighted by Gasteiger charge is -2.09. The molecule has 0 fully saturated rings. The normalized spacial score (nSPS) is 10.7. The first-order valence-electron chi connectivity index (χ1n) is 8.54. The molecule has 1 heterocycles. The molecule has 1 aromatic heterocycles. The number of carbonyl (C=O) groups is 2. The number of aromatic amines is 1. The average Bonchev–Trinajstić information content (AvgIpc) is 2.88. The molecule has 1 amide bonds. The van der Waals surface area contributed by atoms with Gasteiger partial charge in [-0.15, -0.1) is 0 Å². The molecule has 0 aliphatic heterocycles. The van der Waals surface area contributed by atoms with Crippen molar-refractivity contribution in [1.82, 2.24) is 10.3 Å². The first kappa shape index (κ1) is 19.7. The lowest BCUT2D eigenvalue weighted by atomic mass is 10.1. The summed E-state index contributed by atoms with van der Waals surface area (Å²) in [5.41, 5.74) is 5.36. The fraction of sp³-hybridized carbons (Fsp3) is 0.400. The van der Waals surface area contributed by atoms with Gasteiger partial charge in [0.2, 0.25) is 0 Å². The first-order valence-corrected chi connectivity index (χ1v) is 8.54. The molecule has 140 valence electrons. The van der Waals surface area contributed by atoms with E-state index in [9.17, 15) is 9.59 Å². The Morgan fingerprint density at radius 1 is 1.12 bits per heavy atom. The molecule has 0 atom stereocenters. The van der Waals surface area contributed by atoms with Crippen LogP contribution in [0.3, 0.4) is 0 Å². The molecule has 2 aromatic rings. The fourth-order valence-electron chi connectivity index (χ4n) is 2.88. The molecule has 6 nitrogen and oxygen atoms in total. The largest absolute Gasteiger partial charge is 0.460 e. The van der Waals surface area contributed by atoms with Crippen molar-refractivity contribution >= 4 is 11.9 Å². The molecule has 0 bridgehead atoms. The van der Waals surface area contributed by atoms with Crippen molar-refractivity contribution in [2.24, 2.45) is 0 Å². The van der Waals surface area contributed by atoms with Crippen molar-refractivity contribution < 1.29 is 19.1 Å². The van der Waals surface area contributed by atoms with E-state index in [1.54, 1.807) is 21.0 Å². The predicted molar refractivity (Wildman–Crippen MR) is 99.5 cm³/mol. The molecule has 0 saturated carbocycles. The van der Waals surface area contributed by atoms with Crippen LogP contribution < -0.4 is 5.32 Å². The van der Waals surface area contributed by atoms with Crippen LogP contribution in [0, 0.1) is 27.7 Å². The number of hydrogen-bond acceptors (Lipinski definition) is 4. The van der Waals surface area contributed by atoms with E-state index in [-0.39, 0.29) is 12.5 Å². The quantitative estimate of drug-likeness (QED) is 0.589. The molecule has 26 heavy (non-hydrogen) atoms. The smallest absolute Gasteiger partial charge is 0.340 e. The third kappa shape index (κ3) is 4.52. The average molecular weight is 358 g/mol. The lowest BCUT2D eigenvalue weighted by Crippen LogP contribution is -2.24. The fourth-order valence-corrected chi connectivity index (χ4v) is 2.88. The summed E-state index contributed by atoms with van der Waals surface area (Å²) in [7, 11) is 1.54. The van der Waals surface area contributed by atoms with E-state index < -0.39 is 5.97 Å². The summed E-state index contributed by atoms with van der Waals surface area (Å²) in [6.07, 6.45) is 0. The van der Waals surface area contributed by atoms with Crippen molar-refractivity contribution in [3.05, 3.63) is 57.4 Å². The maximum Gasteiger partial charge on any atom is 0.340 e. The van der Waals surface area contributed by atoms with Crippen molar-refractivity contribution in [1.29, 1.82) is 0 Å². The van der Waals surface area contributed by atoms with Gasteiger partial charge in [0.15, 0.2) is 0 Å². The van der Waals surface area contributed by atoms with Crippen LogP contribution in [0.2, 0.25) is 0 Å². The molecule has 0 saturated heterocycles. The number of aromatic nitrogens is 1. The lowest BCUT2D eigenvalue weighted by molar-refractivity contribution is 0.0387. The van der Waals surface area contributed by atoms with Crippen LogP contribution >= 0.6 is 0 Å². The van der Waals surface area contributed by atoms with E-state index >= 15 is 0 Å². The molecule has 0 spiro atoms. The zero-order valence-electron chi connectivity index (χ0n) is 16.0. The Hall–Kier alpha value is -2.60. The van der Waals surface area contributed by atoms with Crippen molar-refractivity contribution in [3.63, 3.8) is 0 Å². The van der Waals surface area contributed by atoms with Crippen LogP contribution in [0.1, 0.15) is 48.8 Å². The van der Waals surface area contributed by atoms with Crippen molar-refractivity contribution in [2.75, 3.05) is 20.3 Å².